The van der Waals surface area contributed by atoms with E-state index in [-0.39, 0.29) is 0 Å². The number of fused-ring (bicyclic) bond motifs is 1. The highest BCUT2D eigenvalue weighted by molar-refractivity contribution is 5.86. The van der Waals surface area contributed by atoms with Crippen molar-refractivity contribution in [3.8, 4) is 0 Å². The molecule has 1 N–H and O–H groups in total. The van der Waals surface area contributed by atoms with Crippen LogP contribution in [0.3, 0.4) is 0 Å². The summed E-state index contributed by atoms with van der Waals surface area (Å²) in [6, 6.07) is 1.23. The lowest BCUT2D eigenvalue weighted by atomic mass is 10.1. The van der Waals surface area contributed by atoms with Gasteiger partial charge in [0.25, 0.3) is 0 Å². The van der Waals surface area contributed by atoms with Crippen molar-refractivity contribution in [2.24, 2.45) is 0 Å². The third-order valence-electron chi connectivity index (χ3n) is 4.29. The predicted molar refractivity (Wildman–Crippen MR) is 71.6 cm³/mol. The smallest absolute Gasteiger partial charge is 0.331 e. The van der Waals surface area contributed by atoms with Gasteiger partial charge in [0.2, 0.25) is 0 Å². The fourth-order valence-electron chi connectivity index (χ4n) is 3.11. The van der Waals surface area contributed by atoms with Crippen LogP contribution >= 0.6 is 0 Å². The van der Waals surface area contributed by atoms with E-state index in [1.807, 2.05) is 13.0 Å². The van der Waals surface area contributed by atoms with Crippen LogP contribution in [0.1, 0.15) is 33.1 Å². The van der Waals surface area contributed by atoms with E-state index < -0.39 is 5.97 Å². The molecule has 2 aliphatic heterocycles. The van der Waals surface area contributed by atoms with Gasteiger partial charge in [-0.25, -0.2) is 4.79 Å². The van der Waals surface area contributed by atoms with Crippen LogP contribution in [0.25, 0.3) is 0 Å². The molecule has 2 saturated heterocycles. The second-order valence-corrected chi connectivity index (χ2v) is 5.48. The van der Waals surface area contributed by atoms with E-state index in [1.165, 1.54) is 19.4 Å². The largest absolute Gasteiger partial charge is 0.478 e. The Bertz CT molecular complexity index is 341. The number of nitrogens with zero attached hydrogens (tertiary/aromatic N) is 2. The Labute approximate surface area is 109 Å². The summed E-state index contributed by atoms with van der Waals surface area (Å²) in [4.78, 5) is 16.0. The van der Waals surface area contributed by atoms with Gasteiger partial charge in [0.05, 0.1) is 0 Å². The summed E-state index contributed by atoms with van der Waals surface area (Å²) in [5.41, 5.74) is 0.538. The van der Waals surface area contributed by atoms with Crippen LogP contribution in [-0.2, 0) is 4.79 Å². The molecule has 2 aliphatic rings. The lowest BCUT2D eigenvalue weighted by molar-refractivity contribution is -0.132. The second-order valence-electron chi connectivity index (χ2n) is 5.48. The molecule has 0 aliphatic carbocycles. The predicted octanol–water partition coefficient (Wildman–Crippen LogP) is 1.58. The van der Waals surface area contributed by atoms with Crippen LogP contribution in [-0.4, -0.2) is 59.1 Å². The van der Waals surface area contributed by atoms with Crippen LogP contribution in [0, 0.1) is 0 Å². The molecule has 4 nitrogen and oxygen atoms in total. The van der Waals surface area contributed by atoms with Crippen molar-refractivity contribution in [2.75, 3.05) is 26.2 Å². The van der Waals surface area contributed by atoms with E-state index in [0.29, 0.717) is 24.1 Å². The normalized spacial score (nSPS) is 30.4. The maximum Gasteiger partial charge on any atom is 0.331 e. The van der Waals surface area contributed by atoms with Crippen LogP contribution in [0.2, 0.25) is 0 Å². The number of hydrogen-bond donors (Lipinski definition) is 1. The molecule has 0 aromatic heterocycles. The van der Waals surface area contributed by atoms with Gasteiger partial charge in [-0.05, 0) is 32.7 Å². The summed E-state index contributed by atoms with van der Waals surface area (Å²) in [5.74, 6) is -0.773. The average molecular weight is 252 g/mol. The van der Waals surface area contributed by atoms with Gasteiger partial charge in [-0.2, -0.15) is 0 Å². The van der Waals surface area contributed by atoms with Gasteiger partial charge in [0.15, 0.2) is 0 Å². The molecule has 0 radical (unpaired) electrons. The molecule has 0 aromatic rings. The van der Waals surface area contributed by atoms with Gasteiger partial charge in [-0.15, -0.1) is 0 Å². The van der Waals surface area contributed by atoms with Gasteiger partial charge in [-0.3, -0.25) is 9.80 Å². The Morgan fingerprint density at radius 1 is 1.44 bits per heavy atom. The van der Waals surface area contributed by atoms with Crippen molar-refractivity contribution in [1.29, 1.82) is 0 Å². The summed E-state index contributed by atoms with van der Waals surface area (Å²) in [5, 5.41) is 9.02. The molecule has 2 unspecified atom stereocenters. The van der Waals surface area contributed by atoms with Crippen molar-refractivity contribution in [3.05, 3.63) is 11.6 Å². The van der Waals surface area contributed by atoms with Crippen molar-refractivity contribution < 1.29 is 9.90 Å². The van der Waals surface area contributed by atoms with Crippen molar-refractivity contribution in [2.45, 2.75) is 45.2 Å². The second kappa shape index (κ2) is 5.85. The number of rotatable bonds is 4. The Morgan fingerprint density at radius 3 is 2.89 bits per heavy atom. The van der Waals surface area contributed by atoms with E-state index >= 15 is 0 Å². The summed E-state index contributed by atoms with van der Waals surface area (Å²) in [6.45, 7) is 8.39. The molecule has 2 fully saturated rings. The van der Waals surface area contributed by atoms with E-state index in [1.54, 1.807) is 0 Å². The molecule has 0 amide bonds. The molecule has 2 atom stereocenters. The van der Waals surface area contributed by atoms with Crippen LogP contribution in [0.15, 0.2) is 11.6 Å². The number of carboxylic acid groups (broad SMARTS) is 1. The highest BCUT2D eigenvalue weighted by atomic mass is 16.4. The first kappa shape index (κ1) is 13.6. The lowest BCUT2D eigenvalue weighted by Crippen LogP contribution is -2.54. The Hall–Kier alpha value is -0.870. The molecule has 0 saturated carbocycles. The van der Waals surface area contributed by atoms with Crippen LogP contribution < -0.4 is 0 Å². The number of carboxylic acids is 1. The minimum absolute atomic E-state index is 0.530. The topological polar surface area (TPSA) is 43.8 Å². The molecule has 18 heavy (non-hydrogen) atoms. The first-order chi connectivity index (χ1) is 8.61. The molecular formula is C14H24N2O2. The van der Waals surface area contributed by atoms with Gasteiger partial charge in [0.1, 0.15) is 0 Å². The van der Waals surface area contributed by atoms with Crippen molar-refractivity contribution in [3.63, 3.8) is 0 Å². The SMILES string of the molecule is CCC(=CCN1CC2CCCN2CC1C)C(=O)O. The minimum Gasteiger partial charge on any atom is -0.478 e. The zero-order valence-corrected chi connectivity index (χ0v) is 11.4. The maximum atomic E-state index is 11.0. The Kier molecular flexibility index (Phi) is 4.40. The number of hydrogen-bond acceptors (Lipinski definition) is 3. The average Bonchev–Trinajstić information content (AvgIpc) is 2.76. The summed E-state index contributed by atoms with van der Waals surface area (Å²) in [7, 11) is 0. The van der Waals surface area contributed by atoms with Gasteiger partial charge >= 0.3 is 5.97 Å². The first-order valence-electron chi connectivity index (χ1n) is 7.02. The molecule has 2 rings (SSSR count). The monoisotopic (exact) mass is 252 g/mol. The van der Waals surface area contributed by atoms with E-state index in [9.17, 15) is 4.79 Å². The van der Waals surface area contributed by atoms with Gasteiger partial charge < -0.3 is 5.11 Å². The van der Waals surface area contributed by atoms with E-state index in [2.05, 4.69) is 16.7 Å². The van der Waals surface area contributed by atoms with E-state index in [0.717, 1.165) is 19.6 Å². The number of carbonyl (C=O) groups is 1. The summed E-state index contributed by atoms with van der Waals surface area (Å²) >= 11 is 0. The Balaban J connectivity index is 1.94. The molecule has 0 spiro atoms. The minimum atomic E-state index is -0.773. The third kappa shape index (κ3) is 2.93. The maximum absolute atomic E-state index is 11.0. The highest BCUT2D eigenvalue weighted by Crippen LogP contribution is 2.24. The van der Waals surface area contributed by atoms with Crippen LogP contribution in [0.4, 0.5) is 0 Å². The van der Waals surface area contributed by atoms with Gasteiger partial charge in [-0.1, -0.05) is 13.0 Å². The van der Waals surface area contributed by atoms with E-state index in [4.69, 9.17) is 5.11 Å². The summed E-state index contributed by atoms with van der Waals surface area (Å²) < 4.78 is 0. The first-order valence-corrected chi connectivity index (χ1v) is 7.02. The third-order valence-corrected chi connectivity index (χ3v) is 4.29. The molecule has 0 aromatic carbocycles. The molecular weight excluding hydrogens is 228 g/mol. The number of aliphatic carboxylic acids is 1. The molecule has 2 heterocycles. The van der Waals surface area contributed by atoms with Gasteiger partial charge in [0, 0.05) is 37.3 Å². The quantitative estimate of drug-likeness (QED) is 0.771. The fourth-order valence-corrected chi connectivity index (χ4v) is 3.11. The zero-order chi connectivity index (χ0) is 13.1. The van der Waals surface area contributed by atoms with Crippen molar-refractivity contribution >= 4 is 5.97 Å². The zero-order valence-electron chi connectivity index (χ0n) is 11.4. The molecule has 0 bridgehead atoms. The standard InChI is InChI=1S/C14H24N2O2/c1-3-12(14(17)18)6-8-15-10-13-5-4-7-16(13)9-11(15)2/h6,11,13H,3-5,7-10H2,1-2H3,(H,17,18). The Morgan fingerprint density at radius 2 is 2.22 bits per heavy atom. The molecule has 102 valence electrons. The molecule has 4 heteroatoms. The summed E-state index contributed by atoms with van der Waals surface area (Å²) in [6.07, 6.45) is 5.11. The van der Waals surface area contributed by atoms with Crippen molar-refractivity contribution in [1.82, 2.24) is 9.80 Å². The highest BCUT2D eigenvalue weighted by Gasteiger charge is 2.33. The lowest BCUT2D eigenvalue weighted by Gasteiger charge is -2.42. The number of piperazine rings is 1. The van der Waals surface area contributed by atoms with Crippen LogP contribution in [0.5, 0.6) is 0 Å². The fraction of sp³-hybridized carbons (Fsp3) is 0.786.